The van der Waals surface area contributed by atoms with Gasteiger partial charge in [-0.3, -0.25) is 4.90 Å². The third kappa shape index (κ3) is 11.8. The molecule has 0 aromatic rings. The van der Waals surface area contributed by atoms with Crippen molar-refractivity contribution in [1.82, 2.24) is 4.90 Å². The van der Waals surface area contributed by atoms with E-state index < -0.39 is 7.14 Å². The fourth-order valence-corrected chi connectivity index (χ4v) is 2.89. The summed E-state index contributed by atoms with van der Waals surface area (Å²) >= 11 is 0. The Morgan fingerprint density at radius 2 is 1.80 bits per heavy atom. The van der Waals surface area contributed by atoms with Crippen molar-refractivity contribution in [2.45, 2.75) is 32.6 Å². The molecule has 0 aliphatic carbocycles. The Kier molecular flexibility index (Phi) is 7.12. The van der Waals surface area contributed by atoms with Gasteiger partial charge >= 0.3 is 0 Å². The first-order valence-electron chi connectivity index (χ1n) is 5.53. The van der Waals surface area contributed by atoms with Crippen LogP contribution in [0, 0.1) is 0 Å². The SMILES string of the molecule is CC(=O)CCCCCN(C)CP(C)(C)=O. The highest BCUT2D eigenvalue weighted by molar-refractivity contribution is 7.62. The van der Waals surface area contributed by atoms with E-state index in [2.05, 4.69) is 4.90 Å². The van der Waals surface area contributed by atoms with Crippen molar-refractivity contribution in [2.24, 2.45) is 0 Å². The van der Waals surface area contributed by atoms with Gasteiger partial charge in [-0.15, -0.1) is 0 Å². The van der Waals surface area contributed by atoms with Crippen LogP contribution in [-0.4, -0.2) is 43.9 Å². The molecule has 15 heavy (non-hydrogen) atoms. The number of Topliss-reactive ketones (excluding diaryl/α,β-unsaturated/α-hetero) is 1. The fraction of sp³-hybridized carbons (Fsp3) is 0.909. The maximum absolute atomic E-state index is 11.5. The van der Waals surface area contributed by atoms with Crippen LogP contribution in [0.1, 0.15) is 32.6 Å². The first-order chi connectivity index (χ1) is 6.81. The van der Waals surface area contributed by atoms with Crippen LogP contribution in [0.3, 0.4) is 0 Å². The Balaban J connectivity index is 3.43. The van der Waals surface area contributed by atoms with E-state index in [1.54, 1.807) is 6.92 Å². The van der Waals surface area contributed by atoms with Gasteiger partial charge in [0.15, 0.2) is 0 Å². The van der Waals surface area contributed by atoms with Gasteiger partial charge in [0.1, 0.15) is 5.78 Å². The van der Waals surface area contributed by atoms with Crippen molar-refractivity contribution in [3.8, 4) is 0 Å². The lowest BCUT2D eigenvalue weighted by Gasteiger charge is -2.18. The minimum atomic E-state index is -1.92. The zero-order valence-corrected chi connectivity index (χ0v) is 11.3. The van der Waals surface area contributed by atoms with Gasteiger partial charge < -0.3 is 9.36 Å². The van der Waals surface area contributed by atoms with Gasteiger partial charge in [0.25, 0.3) is 0 Å². The first kappa shape index (κ1) is 14.9. The number of hydrogen-bond donors (Lipinski definition) is 0. The smallest absolute Gasteiger partial charge is 0.129 e. The number of rotatable bonds is 8. The molecule has 0 heterocycles. The topological polar surface area (TPSA) is 37.4 Å². The number of nitrogens with zero attached hydrogens (tertiary/aromatic N) is 1. The molecular formula is C11H24NO2P. The number of carbonyl (C=O) groups is 1. The predicted molar refractivity (Wildman–Crippen MR) is 66.1 cm³/mol. The summed E-state index contributed by atoms with van der Waals surface area (Å²) in [5, 5.41) is 0. The molecule has 3 nitrogen and oxygen atoms in total. The monoisotopic (exact) mass is 233 g/mol. The third-order valence-corrected chi connectivity index (χ3v) is 3.31. The molecule has 0 spiro atoms. The predicted octanol–water partition coefficient (Wildman–Crippen LogP) is 2.65. The lowest BCUT2D eigenvalue weighted by Crippen LogP contribution is -2.20. The van der Waals surface area contributed by atoms with Crippen LogP contribution in [0.5, 0.6) is 0 Å². The molecular weight excluding hydrogens is 209 g/mol. The van der Waals surface area contributed by atoms with E-state index in [1.165, 1.54) is 0 Å². The van der Waals surface area contributed by atoms with Crippen LogP contribution in [-0.2, 0) is 9.36 Å². The zero-order valence-electron chi connectivity index (χ0n) is 10.5. The molecule has 0 aliphatic heterocycles. The van der Waals surface area contributed by atoms with E-state index >= 15 is 0 Å². The summed E-state index contributed by atoms with van der Waals surface area (Å²) in [6.07, 6.45) is 4.55. The van der Waals surface area contributed by atoms with Gasteiger partial charge in [0.05, 0.1) is 13.4 Å². The van der Waals surface area contributed by atoms with Crippen LogP contribution in [0.25, 0.3) is 0 Å². The van der Waals surface area contributed by atoms with E-state index in [0.717, 1.165) is 25.8 Å². The Morgan fingerprint density at radius 3 is 2.27 bits per heavy atom. The van der Waals surface area contributed by atoms with Crippen LogP contribution in [0.4, 0.5) is 0 Å². The second-order valence-corrected chi connectivity index (χ2v) is 8.24. The molecule has 0 saturated heterocycles. The normalized spacial score (nSPS) is 12.1. The Morgan fingerprint density at radius 1 is 1.20 bits per heavy atom. The van der Waals surface area contributed by atoms with Crippen LogP contribution < -0.4 is 0 Å². The second-order valence-electron chi connectivity index (χ2n) is 4.81. The van der Waals surface area contributed by atoms with Gasteiger partial charge in [-0.25, -0.2) is 0 Å². The van der Waals surface area contributed by atoms with Crippen molar-refractivity contribution < 1.29 is 9.36 Å². The highest BCUT2D eigenvalue weighted by Crippen LogP contribution is 2.35. The van der Waals surface area contributed by atoms with Gasteiger partial charge in [-0.05, 0) is 46.7 Å². The summed E-state index contributed by atoms with van der Waals surface area (Å²) in [5.41, 5.74) is 0. The van der Waals surface area contributed by atoms with E-state index in [9.17, 15) is 9.36 Å². The van der Waals surface area contributed by atoms with Gasteiger partial charge in [0.2, 0.25) is 0 Å². The first-order valence-corrected chi connectivity index (χ1v) is 8.32. The molecule has 4 heteroatoms. The van der Waals surface area contributed by atoms with Crippen molar-refractivity contribution >= 4 is 12.9 Å². The fourth-order valence-electron chi connectivity index (χ4n) is 1.58. The molecule has 0 amide bonds. The standard InChI is InChI=1S/C11H24NO2P/c1-11(13)8-6-5-7-9-12(2)10-15(3,4)14/h5-10H2,1-4H3. The minimum absolute atomic E-state index is 0.273. The van der Waals surface area contributed by atoms with E-state index in [-0.39, 0.29) is 5.78 Å². The number of ketones is 1. The zero-order chi connectivity index (χ0) is 11.9. The molecule has 0 unspecified atom stereocenters. The summed E-state index contributed by atoms with van der Waals surface area (Å²) in [6.45, 7) is 6.25. The summed E-state index contributed by atoms with van der Waals surface area (Å²) in [5.74, 6) is 0.273. The molecule has 0 fully saturated rings. The highest BCUT2D eigenvalue weighted by atomic mass is 31.2. The molecule has 0 aromatic heterocycles. The summed E-state index contributed by atoms with van der Waals surface area (Å²) < 4.78 is 11.5. The molecule has 0 N–H and O–H groups in total. The van der Waals surface area contributed by atoms with Crippen LogP contribution in [0.2, 0.25) is 0 Å². The summed E-state index contributed by atoms with van der Waals surface area (Å²) in [4.78, 5) is 12.8. The highest BCUT2D eigenvalue weighted by Gasteiger charge is 2.10. The summed E-state index contributed by atoms with van der Waals surface area (Å²) in [6, 6.07) is 0. The molecule has 0 bridgehead atoms. The third-order valence-electron chi connectivity index (χ3n) is 2.15. The quantitative estimate of drug-likeness (QED) is 0.478. The van der Waals surface area contributed by atoms with Crippen molar-refractivity contribution in [3.05, 3.63) is 0 Å². The molecule has 0 saturated carbocycles. The minimum Gasteiger partial charge on any atom is -0.323 e. The van der Waals surface area contributed by atoms with E-state index in [1.807, 2.05) is 20.4 Å². The second kappa shape index (κ2) is 7.19. The van der Waals surface area contributed by atoms with Crippen molar-refractivity contribution in [1.29, 1.82) is 0 Å². The van der Waals surface area contributed by atoms with Crippen LogP contribution in [0.15, 0.2) is 0 Å². The van der Waals surface area contributed by atoms with Gasteiger partial charge in [-0.2, -0.15) is 0 Å². The maximum Gasteiger partial charge on any atom is 0.129 e. The van der Waals surface area contributed by atoms with Crippen LogP contribution >= 0.6 is 7.14 Å². The Hall–Kier alpha value is -0.140. The Bertz CT molecular complexity index is 235. The van der Waals surface area contributed by atoms with Gasteiger partial charge in [-0.1, -0.05) is 6.42 Å². The summed E-state index contributed by atoms with van der Waals surface area (Å²) in [7, 11) is 0.0833. The molecule has 90 valence electrons. The average Bonchev–Trinajstić information content (AvgIpc) is 1.99. The van der Waals surface area contributed by atoms with Gasteiger partial charge in [0, 0.05) is 6.42 Å². The van der Waals surface area contributed by atoms with E-state index in [4.69, 9.17) is 0 Å². The lowest BCUT2D eigenvalue weighted by molar-refractivity contribution is -0.117. The van der Waals surface area contributed by atoms with Crippen molar-refractivity contribution in [2.75, 3.05) is 33.2 Å². The van der Waals surface area contributed by atoms with Crippen molar-refractivity contribution in [3.63, 3.8) is 0 Å². The molecule has 0 atom stereocenters. The molecule has 0 aliphatic rings. The number of hydrogen-bond acceptors (Lipinski definition) is 3. The molecule has 0 rings (SSSR count). The average molecular weight is 233 g/mol. The lowest BCUT2D eigenvalue weighted by atomic mass is 10.1. The van der Waals surface area contributed by atoms with E-state index in [0.29, 0.717) is 12.7 Å². The number of unbranched alkanes of at least 4 members (excludes halogenated alkanes) is 2. The molecule has 0 radical (unpaired) electrons. The molecule has 0 aromatic carbocycles. The Labute approximate surface area is 93.6 Å². The maximum atomic E-state index is 11.5. The largest absolute Gasteiger partial charge is 0.323 e. The number of carbonyl (C=O) groups excluding carboxylic acids is 1.